The van der Waals surface area contributed by atoms with Crippen LogP contribution in [0.2, 0.25) is 0 Å². The van der Waals surface area contributed by atoms with Crippen LogP contribution < -0.4 is 58.3 Å². The number of allylic oxidation sites excluding steroid dienone is 1. The Bertz CT molecular complexity index is 1560. The van der Waals surface area contributed by atoms with Gasteiger partial charge in [0.1, 0.15) is 11.0 Å². The van der Waals surface area contributed by atoms with Crippen molar-refractivity contribution in [3.05, 3.63) is 70.8 Å². The first-order chi connectivity index (χ1) is 18.8. The largest absolute Gasteiger partial charge is 1.00 e. The SMILES string of the molecule is COc1ccc(CC(C(=O)c2cc(OC)c(OC)c(OC)c2)=C(C(=O)[O-])c2ccc3nsnc3c2)cc1OC.[Na+]. The summed E-state index contributed by atoms with van der Waals surface area (Å²) in [6, 6.07) is 12.8. The molecule has 0 aliphatic rings. The van der Waals surface area contributed by atoms with Gasteiger partial charge in [-0.1, -0.05) is 12.1 Å². The van der Waals surface area contributed by atoms with Gasteiger partial charge >= 0.3 is 29.6 Å². The van der Waals surface area contributed by atoms with Crippen molar-refractivity contribution < 1.29 is 67.9 Å². The van der Waals surface area contributed by atoms with E-state index in [0.717, 1.165) is 11.7 Å². The molecule has 0 N–H and O–H groups in total. The van der Waals surface area contributed by atoms with Gasteiger partial charge in [0.15, 0.2) is 28.8 Å². The number of fused-ring (bicyclic) bond motifs is 1. The molecule has 1 heterocycles. The second kappa shape index (κ2) is 13.6. The predicted octanol–water partition coefficient (Wildman–Crippen LogP) is 0.367. The van der Waals surface area contributed by atoms with Crippen LogP contribution in [0.15, 0.2) is 54.1 Å². The molecular weight excluding hydrogens is 547 g/mol. The normalized spacial score (nSPS) is 11.2. The first-order valence-electron chi connectivity index (χ1n) is 11.6. The van der Waals surface area contributed by atoms with Crippen molar-refractivity contribution in [2.75, 3.05) is 35.5 Å². The zero-order chi connectivity index (χ0) is 28.1. The summed E-state index contributed by atoms with van der Waals surface area (Å²) in [5.41, 5.74) is 1.80. The van der Waals surface area contributed by atoms with Crippen LogP contribution in [0, 0.1) is 0 Å². The van der Waals surface area contributed by atoms with E-state index in [4.69, 9.17) is 23.7 Å². The number of aromatic nitrogens is 2. The maximum Gasteiger partial charge on any atom is 1.00 e. The first kappa shape index (κ1) is 30.9. The fraction of sp³-hybridized carbons (Fsp3) is 0.214. The second-order valence-corrected chi connectivity index (χ2v) is 8.75. The topological polar surface area (TPSA) is 129 Å². The molecule has 0 spiro atoms. The fourth-order valence-electron chi connectivity index (χ4n) is 4.22. The third-order valence-electron chi connectivity index (χ3n) is 6.08. The Morgan fingerprint density at radius 3 is 1.93 bits per heavy atom. The molecule has 0 fully saturated rings. The van der Waals surface area contributed by atoms with Crippen LogP contribution in [0.4, 0.5) is 0 Å². The Kier molecular flexibility index (Phi) is 10.5. The van der Waals surface area contributed by atoms with Crippen molar-refractivity contribution in [1.29, 1.82) is 0 Å². The van der Waals surface area contributed by atoms with E-state index in [0.29, 0.717) is 33.8 Å². The average Bonchev–Trinajstić information content (AvgIpc) is 3.43. The van der Waals surface area contributed by atoms with E-state index in [9.17, 15) is 14.7 Å². The molecule has 0 unspecified atom stereocenters. The molecule has 202 valence electrons. The van der Waals surface area contributed by atoms with Crippen molar-refractivity contribution in [3.63, 3.8) is 0 Å². The number of benzene rings is 3. The van der Waals surface area contributed by atoms with E-state index >= 15 is 0 Å². The van der Waals surface area contributed by atoms with E-state index in [2.05, 4.69) is 8.75 Å². The van der Waals surface area contributed by atoms with Crippen molar-refractivity contribution in [2.24, 2.45) is 0 Å². The van der Waals surface area contributed by atoms with Gasteiger partial charge in [0.25, 0.3) is 0 Å². The number of hydrogen-bond donors (Lipinski definition) is 0. The number of aliphatic carboxylic acids is 1. The van der Waals surface area contributed by atoms with Crippen LogP contribution >= 0.6 is 11.7 Å². The predicted molar refractivity (Wildman–Crippen MR) is 143 cm³/mol. The van der Waals surface area contributed by atoms with Gasteiger partial charge in [-0.05, 0) is 47.5 Å². The van der Waals surface area contributed by atoms with Crippen LogP contribution in [-0.4, -0.2) is 56.0 Å². The molecule has 0 radical (unpaired) electrons. The fourth-order valence-corrected chi connectivity index (χ4v) is 4.73. The van der Waals surface area contributed by atoms with Gasteiger partial charge in [0, 0.05) is 23.1 Å². The number of hydrogen-bond acceptors (Lipinski definition) is 11. The third-order valence-corrected chi connectivity index (χ3v) is 6.63. The molecule has 0 bridgehead atoms. The second-order valence-electron chi connectivity index (χ2n) is 8.22. The molecule has 0 aliphatic heterocycles. The zero-order valence-electron chi connectivity index (χ0n) is 22.9. The Balaban J connectivity index is 0.00000441. The number of ketones is 1. The molecule has 0 amide bonds. The molecule has 40 heavy (non-hydrogen) atoms. The average molecular weight is 573 g/mol. The third kappa shape index (κ3) is 6.23. The van der Waals surface area contributed by atoms with Crippen LogP contribution in [-0.2, 0) is 11.2 Å². The van der Waals surface area contributed by atoms with Gasteiger partial charge < -0.3 is 33.6 Å². The number of ether oxygens (including phenoxy) is 5. The summed E-state index contributed by atoms with van der Waals surface area (Å²) in [5, 5.41) is 12.6. The molecule has 10 nitrogen and oxygen atoms in total. The maximum absolute atomic E-state index is 14.1. The zero-order valence-corrected chi connectivity index (χ0v) is 25.7. The Labute approximate surface area is 257 Å². The summed E-state index contributed by atoms with van der Waals surface area (Å²) in [5.74, 6) is -0.382. The van der Waals surface area contributed by atoms with E-state index in [-0.39, 0.29) is 69.8 Å². The molecule has 1 aromatic heterocycles. The van der Waals surface area contributed by atoms with Gasteiger partial charge in [-0.25, -0.2) is 0 Å². The van der Waals surface area contributed by atoms with Crippen molar-refractivity contribution in [3.8, 4) is 28.7 Å². The monoisotopic (exact) mass is 572 g/mol. The van der Waals surface area contributed by atoms with Gasteiger partial charge in [0.2, 0.25) is 5.75 Å². The maximum atomic E-state index is 14.1. The molecule has 12 heteroatoms. The number of Topliss-reactive ketones (excluding diaryl/α,β-unsaturated/α-hetero) is 1. The minimum atomic E-state index is -1.52. The molecular formula is C28H25N2NaO8S. The van der Waals surface area contributed by atoms with E-state index in [1.54, 1.807) is 36.4 Å². The molecule has 4 aromatic rings. The van der Waals surface area contributed by atoms with Gasteiger partial charge in [0.05, 0.1) is 53.2 Å². The molecule has 0 aliphatic carbocycles. The minimum Gasteiger partial charge on any atom is -0.545 e. The molecule has 3 aromatic carbocycles. The standard InChI is InChI=1S/C28H26N2O8S.Na/c1-34-21-9-6-15(11-22(21)35-2)10-18(25(28(32)33)16-7-8-19-20(12-16)30-39-29-19)26(31)17-13-23(36-3)27(38-5)24(14-17)37-4;/h6-9,11-14H,10H2,1-5H3,(H,32,33);/q;+1/p-1. The van der Waals surface area contributed by atoms with Gasteiger partial charge in [-0.15, -0.1) is 0 Å². The number of nitrogens with zero attached hydrogens (tertiary/aromatic N) is 2. The van der Waals surface area contributed by atoms with Crippen molar-refractivity contribution in [1.82, 2.24) is 8.75 Å². The molecule has 0 saturated carbocycles. The molecule has 0 saturated heterocycles. The van der Waals surface area contributed by atoms with E-state index < -0.39 is 11.8 Å². The molecule has 0 atom stereocenters. The number of carboxylic acid groups (broad SMARTS) is 1. The summed E-state index contributed by atoms with van der Waals surface area (Å²) in [6.07, 6.45) is -0.0630. The number of methoxy groups -OCH3 is 5. The van der Waals surface area contributed by atoms with Gasteiger partial charge in [-0.2, -0.15) is 8.75 Å². The summed E-state index contributed by atoms with van der Waals surface area (Å²) in [7, 11) is 7.30. The van der Waals surface area contributed by atoms with Crippen molar-refractivity contribution in [2.45, 2.75) is 6.42 Å². The molecule has 4 rings (SSSR count). The van der Waals surface area contributed by atoms with Crippen LogP contribution in [0.5, 0.6) is 28.7 Å². The van der Waals surface area contributed by atoms with Gasteiger partial charge in [-0.3, -0.25) is 4.79 Å². The smallest absolute Gasteiger partial charge is 0.545 e. The number of carbonyl (C=O) groups is 2. The number of rotatable bonds is 11. The van der Waals surface area contributed by atoms with Crippen molar-refractivity contribution >= 4 is 40.1 Å². The first-order valence-corrected chi connectivity index (χ1v) is 12.3. The minimum absolute atomic E-state index is 0. The number of carbonyl (C=O) groups excluding carboxylic acids is 2. The summed E-state index contributed by atoms with van der Waals surface area (Å²) >= 11 is 1.00. The summed E-state index contributed by atoms with van der Waals surface area (Å²) in [6.45, 7) is 0. The number of carboxylic acids is 1. The van der Waals surface area contributed by atoms with E-state index in [1.807, 2.05) is 0 Å². The Morgan fingerprint density at radius 2 is 1.35 bits per heavy atom. The van der Waals surface area contributed by atoms with Crippen LogP contribution in [0.1, 0.15) is 21.5 Å². The Hall–Kier alpha value is -3.64. The van der Waals surface area contributed by atoms with Crippen LogP contribution in [0.3, 0.4) is 0 Å². The Morgan fingerprint density at radius 1 is 0.725 bits per heavy atom. The quantitative estimate of drug-likeness (QED) is 0.141. The summed E-state index contributed by atoms with van der Waals surface area (Å²) < 4.78 is 35.3. The van der Waals surface area contributed by atoms with Crippen LogP contribution in [0.25, 0.3) is 16.6 Å². The van der Waals surface area contributed by atoms with E-state index in [1.165, 1.54) is 47.7 Å². The summed E-state index contributed by atoms with van der Waals surface area (Å²) in [4.78, 5) is 26.8.